The summed E-state index contributed by atoms with van der Waals surface area (Å²) in [4.78, 5) is 19.6. The fraction of sp³-hybridized carbons (Fsp3) is 0.0417. The maximum absolute atomic E-state index is 5.34. The maximum Gasteiger partial charge on any atom is 0.146 e. The van der Waals surface area contributed by atoms with Crippen molar-refractivity contribution in [2.24, 2.45) is 4.99 Å². The van der Waals surface area contributed by atoms with Crippen LogP contribution < -0.4 is 0 Å². The van der Waals surface area contributed by atoms with Crippen LogP contribution in [0.5, 0.6) is 0 Å². The van der Waals surface area contributed by atoms with Gasteiger partial charge in [-0.3, -0.25) is 9.56 Å². The minimum Gasteiger partial charge on any atom is -0.278 e. The molecule has 0 radical (unpaired) electrons. The zero-order chi connectivity index (χ0) is 34.9. The molecule has 1 aliphatic rings. The van der Waals surface area contributed by atoms with Crippen molar-refractivity contribution in [3.63, 3.8) is 0 Å². The first kappa shape index (κ1) is 29.7. The molecule has 11 rings (SSSR count). The van der Waals surface area contributed by atoms with Gasteiger partial charge in [0.2, 0.25) is 0 Å². The second kappa shape index (κ2) is 11.8. The second-order valence-electron chi connectivity index (χ2n) is 13.7. The van der Waals surface area contributed by atoms with Gasteiger partial charge in [-0.2, -0.15) is 0 Å². The van der Waals surface area contributed by atoms with E-state index in [1.807, 2.05) is 42.9 Å². The van der Waals surface area contributed by atoms with Crippen LogP contribution in [-0.2, 0) is 6.42 Å². The van der Waals surface area contributed by atoms with E-state index in [9.17, 15) is 0 Å². The Kier molecular flexibility index (Phi) is 6.61. The van der Waals surface area contributed by atoms with Crippen LogP contribution in [0, 0.1) is 0 Å². The molecule has 6 aromatic carbocycles. The summed E-state index contributed by atoms with van der Waals surface area (Å²) >= 11 is 0. The van der Waals surface area contributed by atoms with Crippen molar-refractivity contribution in [2.45, 2.75) is 12.8 Å². The maximum atomic E-state index is 5.34. The Bertz CT molecular complexity index is 3050. The number of pyridine rings is 3. The predicted octanol–water partition coefficient (Wildman–Crippen LogP) is 12.1. The minimum atomic E-state index is 0.859. The summed E-state index contributed by atoms with van der Waals surface area (Å²) in [6.45, 7) is 0. The summed E-state index contributed by atoms with van der Waals surface area (Å²) in [6, 6.07) is 52.1. The number of hydrogen-bond acceptors (Lipinski definition) is 4. The normalized spacial score (nSPS) is 12.7. The molecule has 0 bridgehead atoms. The molecule has 0 fully saturated rings. The van der Waals surface area contributed by atoms with Crippen LogP contribution in [0.3, 0.4) is 0 Å². The van der Waals surface area contributed by atoms with Gasteiger partial charge in [-0.05, 0) is 105 Å². The summed E-state index contributed by atoms with van der Waals surface area (Å²) < 4.78 is 2.15. The third kappa shape index (κ3) is 4.64. The highest BCUT2D eigenvalue weighted by atomic mass is 15.1. The number of aryl methyl sites for hydroxylation is 1. The Morgan fingerprint density at radius 2 is 1.19 bits per heavy atom. The molecule has 0 unspecified atom stereocenters. The molecule has 248 valence electrons. The van der Waals surface area contributed by atoms with E-state index in [2.05, 4.69) is 131 Å². The number of hydrogen-bond donors (Lipinski definition) is 0. The van der Waals surface area contributed by atoms with E-state index in [1.54, 1.807) is 0 Å². The van der Waals surface area contributed by atoms with Crippen LogP contribution in [0.4, 0.5) is 5.69 Å². The van der Waals surface area contributed by atoms with Crippen LogP contribution in [0.2, 0.25) is 0 Å². The summed E-state index contributed by atoms with van der Waals surface area (Å²) in [6.07, 6.45) is 7.68. The van der Waals surface area contributed by atoms with Crippen molar-refractivity contribution in [1.82, 2.24) is 19.5 Å². The van der Waals surface area contributed by atoms with E-state index >= 15 is 0 Å². The standard InChI is InChI=1S/C48H31N5/c1-3-12-37-35(10-1)44(36-11-2-4-13-38(36)45(37)41-24-22-33-21-20-32-9-7-27-50-46(32)47(33)52-41)31-18-16-30(17-19-31)34-23-25-42-40(29-34)39-14-8-28-51-48(39)53(42)43-15-5-6-26-49-43/h1-6,8,10-29H,7,9H2. The van der Waals surface area contributed by atoms with Crippen LogP contribution in [0.15, 0.2) is 163 Å². The van der Waals surface area contributed by atoms with Crippen LogP contribution in [0.1, 0.15) is 12.0 Å². The molecule has 5 heterocycles. The Morgan fingerprint density at radius 3 is 1.96 bits per heavy atom. The van der Waals surface area contributed by atoms with Gasteiger partial charge >= 0.3 is 0 Å². The monoisotopic (exact) mass is 677 g/mol. The molecule has 5 nitrogen and oxygen atoms in total. The molecular formula is C48H31N5. The first-order valence-corrected chi connectivity index (χ1v) is 18.1. The summed E-state index contributed by atoms with van der Waals surface area (Å²) in [7, 11) is 0. The van der Waals surface area contributed by atoms with Crippen LogP contribution in [0.25, 0.3) is 93.7 Å². The van der Waals surface area contributed by atoms with Gasteiger partial charge in [0.25, 0.3) is 0 Å². The highest BCUT2D eigenvalue weighted by molar-refractivity contribution is 6.21. The smallest absolute Gasteiger partial charge is 0.146 e. The van der Waals surface area contributed by atoms with Crippen molar-refractivity contribution >= 4 is 66.3 Å². The number of aromatic nitrogens is 4. The molecule has 0 saturated heterocycles. The van der Waals surface area contributed by atoms with E-state index in [4.69, 9.17) is 15.0 Å². The second-order valence-corrected chi connectivity index (χ2v) is 13.7. The van der Waals surface area contributed by atoms with Gasteiger partial charge in [0, 0.05) is 40.3 Å². The number of benzene rings is 6. The van der Waals surface area contributed by atoms with Gasteiger partial charge in [-0.1, -0.05) is 103 Å². The van der Waals surface area contributed by atoms with Gasteiger partial charge in [-0.15, -0.1) is 0 Å². The third-order valence-electron chi connectivity index (χ3n) is 10.8. The Labute approximate surface area is 305 Å². The number of fused-ring (bicyclic) bond motifs is 8. The Morgan fingerprint density at radius 1 is 0.509 bits per heavy atom. The van der Waals surface area contributed by atoms with Crippen molar-refractivity contribution < 1.29 is 0 Å². The molecule has 0 spiro atoms. The fourth-order valence-corrected chi connectivity index (χ4v) is 8.36. The number of nitrogens with zero attached hydrogens (tertiary/aromatic N) is 5. The van der Waals surface area contributed by atoms with Crippen molar-refractivity contribution in [1.29, 1.82) is 0 Å². The summed E-state index contributed by atoms with van der Waals surface area (Å²) in [5.41, 5.74) is 12.1. The van der Waals surface area contributed by atoms with Gasteiger partial charge in [0.15, 0.2) is 0 Å². The molecular weight excluding hydrogens is 647 g/mol. The third-order valence-corrected chi connectivity index (χ3v) is 10.8. The lowest BCUT2D eigenvalue weighted by Gasteiger charge is -2.18. The van der Waals surface area contributed by atoms with E-state index in [1.165, 1.54) is 38.2 Å². The lowest BCUT2D eigenvalue weighted by molar-refractivity contribution is 1.03. The molecule has 4 aromatic heterocycles. The Hall–Kier alpha value is -6.98. The number of aliphatic imine (C=N–C) groups is 1. The highest BCUT2D eigenvalue weighted by Gasteiger charge is 2.20. The summed E-state index contributed by atoms with van der Waals surface area (Å²) in [5.74, 6) is 0.859. The zero-order valence-corrected chi connectivity index (χ0v) is 28.7. The quantitative estimate of drug-likeness (QED) is 0.174. The molecule has 10 aromatic rings. The molecule has 0 amide bonds. The van der Waals surface area contributed by atoms with Crippen molar-refractivity contribution in [3.05, 3.63) is 164 Å². The van der Waals surface area contributed by atoms with Crippen molar-refractivity contribution in [2.75, 3.05) is 0 Å². The van der Waals surface area contributed by atoms with Crippen LogP contribution in [-0.4, -0.2) is 25.7 Å². The highest BCUT2D eigenvalue weighted by Crippen LogP contribution is 2.44. The topological polar surface area (TPSA) is 56.0 Å². The van der Waals surface area contributed by atoms with E-state index in [0.29, 0.717) is 0 Å². The Balaban J connectivity index is 1.06. The zero-order valence-electron chi connectivity index (χ0n) is 28.7. The van der Waals surface area contributed by atoms with Gasteiger partial charge in [0.1, 0.15) is 11.5 Å². The molecule has 0 saturated carbocycles. The minimum absolute atomic E-state index is 0.859. The van der Waals surface area contributed by atoms with Gasteiger partial charge in [0.05, 0.1) is 22.4 Å². The largest absolute Gasteiger partial charge is 0.278 e. The SMILES string of the molecule is C1=Nc2c(ccc3ccc(-c4c5ccccc5c(-c5ccc(-c6ccc7c(c6)c6cccnc6n7-c6ccccn6)cc5)c5ccccc45)nc23)CC1. The van der Waals surface area contributed by atoms with Crippen molar-refractivity contribution in [3.8, 4) is 39.3 Å². The average molecular weight is 678 g/mol. The van der Waals surface area contributed by atoms with Crippen LogP contribution >= 0.6 is 0 Å². The molecule has 0 N–H and O–H groups in total. The number of rotatable bonds is 4. The first-order valence-electron chi connectivity index (χ1n) is 18.1. The molecule has 1 aliphatic heterocycles. The molecule has 53 heavy (non-hydrogen) atoms. The van der Waals surface area contributed by atoms with E-state index in [0.717, 1.165) is 79.6 Å². The summed E-state index contributed by atoms with van der Waals surface area (Å²) in [5, 5.41) is 8.18. The molecule has 0 aliphatic carbocycles. The first-order chi connectivity index (χ1) is 26.3. The average Bonchev–Trinajstić information content (AvgIpc) is 3.56. The fourth-order valence-electron chi connectivity index (χ4n) is 8.36. The molecule has 5 heteroatoms. The van der Waals surface area contributed by atoms with Gasteiger partial charge in [-0.25, -0.2) is 15.0 Å². The van der Waals surface area contributed by atoms with Gasteiger partial charge < -0.3 is 0 Å². The van der Waals surface area contributed by atoms with E-state index < -0.39 is 0 Å². The predicted molar refractivity (Wildman–Crippen MR) is 219 cm³/mol. The van der Waals surface area contributed by atoms with E-state index in [-0.39, 0.29) is 0 Å². The molecule has 0 atom stereocenters. The lowest BCUT2D eigenvalue weighted by atomic mass is 9.86. The lowest BCUT2D eigenvalue weighted by Crippen LogP contribution is -1.97.